The highest BCUT2D eigenvalue weighted by Crippen LogP contribution is 2.17. The Morgan fingerprint density at radius 3 is 2.39 bits per heavy atom. The van der Waals surface area contributed by atoms with Crippen LogP contribution in [0.4, 0.5) is 4.39 Å². The van der Waals surface area contributed by atoms with E-state index in [1.54, 1.807) is 13.2 Å². The molecule has 2 aromatic carbocycles. The maximum absolute atomic E-state index is 13.2. The maximum Gasteiger partial charge on any atom is 0.191 e. The first kappa shape index (κ1) is 24.8. The first-order chi connectivity index (χ1) is 14.6. The van der Waals surface area contributed by atoms with Gasteiger partial charge in [-0.3, -0.25) is 4.99 Å². The zero-order chi connectivity index (χ0) is 21.3. The van der Waals surface area contributed by atoms with Crippen LogP contribution in [-0.2, 0) is 6.42 Å². The number of aliphatic imine (C=N–C) groups is 1. The standard InChI is InChI=1S/C23H29FN6.HI/c1-25-23(27-17-22(29(2)3)19-7-9-20(24)10-8-19)26-15-13-18-5-11-21(12-6-18)30-16-4-14-28-30;/h4-12,14,16,22H,13,15,17H2,1-3H3,(H2,25,26,27);1H. The minimum Gasteiger partial charge on any atom is -0.356 e. The normalized spacial score (nSPS) is 12.4. The van der Waals surface area contributed by atoms with Crippen LogP contribution < -0.4 is 10.6 Å². The lowest BCUT2D eigenvalue weighted by Crippen LogP contribution is -2.42. The highest BCUT2D eigenvalue weighted by atomic mass is 127. The largest absolute Gasteiger partial charge is 0.356 e. The first-order valence-electron chi connectivity index (χ1n) is 10.0. The van der Waals surface area contributed by atoms with Crippen molar-refractivity contribution in [3.05, 3.63) is 83.9 Å². The lowest BCUT2D eigenvalue weighted by molar-refractivity contribution is 0.298. The van der Waals surface area contributed by atoms with Crippen LogP contribution in [-0.4, -0.2) is 54.9 Å². The molecule has 166 valence electrons. The van der Waals surface area contributed by atoms with Gasteiger partial charge in [0.2, 0.25) is 0 Å². The SMILES string of the molecule is CN=C(NCCc1ccc(-n2cccn2)cc1)NCC(c1ccc(F)cc1)N(C)C.I. The summed E-state index contributed by atoms with van der Waals surface area (Å²) in [5.41, 5.74) is 3.35. The summed E-state index contributed by atoms with van der Waals surface area (Å²) in [5, 5.41) is 11.0. The third kappa shape index (κ3) is 7.32. The molecule has 0 aliphatic rings. The molecule has 0 aliphatic carbocycles. The quantitative estimate of drug-likeness (QED) is 0.262. The van der Waals surface area contributed by atoms with Gasteiger partial charge in [-0.1, -0.05) is 24.3 Å². The zero-order valence-corrected chi connectivity index (χ0v) is 20.5. The number of nitrogens with zero attached hydrogens (tertiary/aromatic N) is 4. The smallest absolute Gasteiger partial charge is 0.191 e. The van der Waals surface area contributed by atoms with Gasteiger partial charge in [-0.05, 0) is 62.0 Å². The lowest BCUT2D eigenvalue weighted by Gasteiger charge is -2.26. The van der Waals surface area contributed by atoms with Crippen molar-refractivity contribution in [3.8, 4) is 5.69 Å². The number of likely N-dealkylation sites (N-methyl/N-ethyl adjacent to an activating group) is 1. The number of benzene rings is 2. The molecule has 6 nitrogen and oxygen atoms in total. The van der Waals surface area contributed by atoms with E-state index in [2.05, 4.69) is 49.9 Å². The lowest BCUT2D eigenvalue weighted by atomic mass is 10.1. The third-order valence-electron chi connectivity index (χ3n) is 4.98. The van der Waals surface area contributed by atoms with Gasteiger partial charge in [-0.15, -0.1) is 24.0 Å². The van der Waals surface area contributed by atoms with Crippen LogP contribution >= 0.6 is 24.0 Å². The third-order valence-corrected chi connectivity index (χ3v) is 4.98. The van der Waals surface area contributed by atoms with Crippen LogP contribution in [0.1, 0.15) is 17.2 Å². The van der Waals surface area contributed by atoms with Crippen LogP contribution in [0.2, 0.25) is 0 Å². The topological polar surface area (TPSA) is 57.5 Å². The molecule has 0 aliphatic heterocycles. The van der Waals surface area contributed by atoms with Crippen molar-refractivity contribution < 1.29 is 4.39 Å². The van der Waals surface area contributed by atoms with Gasteiger partial charge in [0.05, 0.1) is 11.7 Å². The fourth-order valence-corrected chi connectivity index (χ4v) is 3.26. The summed E-state index contributed by atoms with van der Waals surface area (Å²) in [6, 6.07) is 17.0. The minimum absolute atomic E-state index is 0. The van der Waals surface area contributed by atoms with E-state index in [4.69, 9.17) is 0 Å². The molecule has 0 bridgehead atoms. The van der Waals surface area contributed by atoms with Crippen molar-refractivity contribution in [1.82, 2.24) is 25.3 Å². The second-order valence-corrected chi connectivity index (χ2v) is 7.28. The Labute approximate surface area is 200 Å². The van der Waals surface area contributed by atoms with Crippen molar-refractivity contribution >= 4 is 29.9 Å². The number of nitrogens with one attached hydrogen (secondary N) is 2. The van der Waals surface area contributed by atoms with Crippen LogP contribution in [0.3, 0.4) is 0 Å². The van der Waals surface area contributed by atoms with Crippen LogP contribution in [0.15, 0.2) is 72.0 Å². The van der Waals surface area contributed by atoms with E-state index in [1.807, 2.05) is 43.2 Å². The molecule has 1 unspecified atom stereocenters. The van der Waals surface area contributed by atoms with E-state index in [0.29, 0.717) is 6.54 Å². The fourth-order valence-electron chi connectivity index (χ4n) is 3.26. The van der Waals surface area contributed by atoms with Crippen molar-refractivity contribution in [1.29, 1.82) is 0 Å². The Bertz CT molecular complexity index is 924. The Balaban J connectivity index is 0.00000341. The van der Waals surface area contributed by atoms with Crippen molar-refractivity contribution in [2.45, 2.75) is 12.5 Å². The van der Waals surface area contributed by atoms with Crippen LogP contribution in [0, 0.1) is 5.82 Å². The van der Waals surface area contributed by atoms with Gasteiger partial charge in [0.25, 0.3) is 0 Å². The number of hydrogen-bond acceptors (Lipinski definition) is 3. The van der Waals surface area contributed by atoms with Gasteiger partial charge in [-0.2, -0.15) is 5.10 Å². The molecule has 2 N–H and O–H groups in total. The molecule has 0 saturated heterocycles. The van der Waals surface area contributed by atoms with Gasteiger partial charge in [-0.25, -0.2) is 9.07 Å². The Morgan fingerprint density at radius 1 is 1.10 bits per heavy atom. The van der Waals surface area contributed by atoms with Gasteiger partial charge in [0.1, 0.15) is 5.82 Å². The summed E-state index contributed by atoms with van der Waals surface area (Å²) in [5.74, 6) is 0.525. The van der Waals surface area contributed by atoms with Crippen molar-refractivity contribution in [2.75, 3.05) is 34.2 Å². The van der Waals surface area contributed by atoms with Crippen molar-refractivity contribution in [3.63, 3.8) is 0 Å². The molecule has 0 amide bonds. The number of aromatic nitrogens is 2. The van der Waals surface area contributed by atoms with Gasteiger partial charge in [0, 0.05) is 32.5 Å². The highest BCUT2D eigenvalue weighted by molar-refractivity contribution is 14.0. The minimum atomic E-state index is -0.223. The van der Waals surface area contributed by atoms with Crippen molar-refractivity contribution in [2.24, 2.45) is 4.99 Å². The number of hydrogen-bond donors (Lipinski definition) is 2. The molecule has 1 atom stereocenters. The first-order valence-corrected chi connectivity index (χ1v) is 10.0. The molecule has 0 fully saturated rings. The molecule has 8 heteroatoms. The summed E-state index contributed by atoms with van der Waals surface area (Å²) in [4.78, 5) is 6.42. The molecule has 0 spiro atoms. The summed E-state index contributed by atoms with van der Waals surface area (Å²) in [6.07, 6.45) is 4.59. The summed E-state index contributed by atoms with van der Waals surface area (Å²) >= 11 is 0. The number of halogens is 2. The number of guanidine groups is 1. The predicted molar refractivity (Wildman–Crippen MR) is 135 cm³/mol. The van der Waals surface area contributed by atoms with Crippen LogP contribution in [0.5, 0.6) is 0 Å². The average Bonchev–Trinajstić information content (AvgIpc) is 3.29. The molecule has 0 radical (unpaired) electrons. The molecule has 31 heavy (non-hydrogen) atoms. The van der Waals surface area contributed by atoms with Gasteiger partial charge in [0.15, 0.2) is 5.96 Å². The zero-order valence-electron chi connectivity index (χ0n) is 18.1. The highest BCUT2D eigenvalue weighted by Gasteiger charge is 2.14. The summed E-state index contributed by atoms with van der Waals surface area (Å²) in [6.45, 7) is 1.43. The summed E-state index contributed by atoms with van der Waals surface area (Å²) in [7, 11) is 5.79. The number of rotatable bonds is 8. The molecule has 3 rings (SSSR count). The monoisotopic (exact) mass is 536 g/mol. The predicted octanol–water partition coefficient (Wildman–Crippen LogP) is 3.64. The average molecular weight is 536 g/mol. The van der Waals surface area contributed by atoms with Gasteiger partial charge < -0.3 is 15.5 Å². The van der Waals surface area contributed by atoms with E-state index in [-0.39, 0.29) is 35.8 Å². The van der Waals surface area contributed by atoms with E-state index in [0.717, 1.165) is 30.2 Å². The van der Waals surface area contributed by atoms with E-state index >= 15 is 0 Å². The molecule has 1 aromatic heterocycles. The molecular weight excluding hydrogens is 506 g/mol. The van der Waals surface area contributed by atoms with Crippen LogP contribution in [0.25, 0.3) is 5.69 Å². The summed E-state index contributed by atoms with van der Waals surface area (Å²) < 4.78 is 15.1. The van der Waals surface area contributed by atoms with E-state index in [9.17, 15) is 4.39 Å². The maximum atomic E-state index is 13.2. The van der Waals surface area contributed by atoms with Gasteiger partial charge >= 0.3 is 0 Å². The fraction of sp³-hybridized carbons (Fsp3) is 0.304. The van der Waals surface area contributed by atoms with E-state index in [1.165, 1.54) is 17.7 Å². The second kappa shape index (κ2) is 12.4. The molecule has 3 aromatic rings. The molecule has 1 heterocycles. The Kier molecular flexibility index (Phi) is 9.93. The van der Waals surface area contributed by atoms with E-state index < -0.39 is 0 Å². The second-order valence-electron chi connectivity index (χ2n) is 7.28. The Morgan fingerprint density at radius 2 is 1.81 bits per heavy atom. The Hall–Kier alpha value is -2.46. The molecule has 0 saturated carbocycles. The molecular formula is C23H30FIN6.